The Morgan fingerprint density at radius 1 is 1.03 bits per heavy atom. The summed E-state index contributed by atoms with van der Waals surface area (Å²) in [7, 11) is 2.14. The maximum absolute atomic E-state index is 11.8. The summed E-state index contributed by atoms with van der Waals surface area (Å²) in [5.74, 6) is 1.12. The summed E-state index contributed by atoms with van der Waals surface area (Å²) in [6, 6.07) is 15.2. The molecule has 0 bridgehead atoms. The number of hydrogen-bond acceptors (Lipinski definition) is 7. The van der Waals surface area contributed by atoms with E-state index >= 15 is 0 Å². The highest BCUT2D eigenvalue weighted by Gasteiger charge is 2.16. The first-order valence-electron chi connectivity index (χ1n) is 11.7. The fourth-order valence-electron chi connectivity index (χ4n) is 4.17. The van der Waals surface area contributed by atoms with E-state index in [2.05, 4.69) is 44.0 Å². The molecule has 3 heterocycles. The molecule has 0 radical (unpaired) electrons. The van der Waals surface area contributed by atoms with Crippen LogP contribution in [0.25, 0.3) is 22.0 Å². The second-order valence-electron chi connectivity index (χ2n) is 8.65. The maximum atomic E-state index is 11.8. The van der Waals surface area contributed by atoms with Gasteiger partial charge in [0.25, 0.3) is 0 Å². The monoisotopic (exact) mass is 499 g/mol. The average molecular weight is 500 g/mol. The summed E-state index contributed by atoms with van der Waals surface area (Å²) < 4.78 is 0. The molecule has 0 unspecified atom stereocenters. The van der Waals surface area contributed by atoms with Crippen LogP contribution in [0.4, 0.5) is 23.1 Å². The number of nitrogens with one attached hydrogen (secondary N) is 2. The van der Waals surface area contributed by atoms with Crippen molar-refractivity contribution < 1.29 is 4.79 Å². The Balaban J connectivity index is 1.43. The van der Waals surface area contributed by atoms with Gasteiger partial charge >= 0.3 is 0 Å². The highest BCUT2D eigenvalue weighted by molar-refractivity contribution is 6.35. The van der Waals surface area contributed by atoms with Gasteiger partial charge in [0.1, 0.15) is 5.82 Å². The number of carbonyl (C=O) groups is 1. The number of pyridine rings is 1. The van der Waals surface area contributed by atoms with Crippen molar-refractivity contribution in [2.45, 2.75) is 0 Å². The number of rotatable bonds is 6. The van der Waals surface area contributed by atoms with Crippen molar-refractivity contribution in [3.05, 3.63) is 78.6 Å². The van der Waals surface area contributed by atoms with Gasteiger partial charge in [-0.2, -0.15) is 0 Å². The van der Waals surface area contributed by atoms with Gasteiger partial charge in [-0.25, -0.2) is 15.0 Å². The number of amides is 1. The predicted octanol–water partition coefficient (Wildman–Crippen LogP) is 4.97. The lowest BCUT2D eigenvalue weighted by molar-refractivity contribution is -0.111. The summed E-state index contributed by atoms with van der Waals surface area (Å²) >= 11 is 6.63. The molecule has 1 aliphatic heterocycles. The third-order valence-corrected chi connectivity index (χ3v) is 6.45. The molecule has 8 nitrogen and oxygen atoms in total. The van der Waals surface area contributed by atoms with E-state index in [1.54, 1.807) is 12.4 Å². The molecular formula is C27H26ClN7O. The zero-order valence-corrected chi connectivity index (χ0v) is 20.7. The zero-order chi connectivity index (χ0) is 25.1. The van der Waals surface area contributed by atoms with Crippen molar-refractivity contribution in [3.63, 3.8) is 0 Å². The normalized spacial score (nSPS) is 14.0. The smallest absolute Gasteiger partial charge is 0.247 e. The van der Waals surface area contributed by atoms with Gasteiger partial charge in [-0.3, -0.25) is 4.79 Å². The second kappa shape index (κ2) is 10.3. The van der Waals surface area contributed by atoms with Crippen molar-refractivity contribution in [1.29, 1.82) is 0 Å². The third kappa shape index (κ3) is 5.15. The first-order chi connectivity index (χ1) is 17.5. The van der Waals surface area contributed by atoms with Gasteiger partial charge < -0.3 is 20.4 Å². The van der Waals surface area contributed by atoms with Crippen molar-refractivity contribution in [2.24, 2.45) is 0 Å². The molecule has 1 fully saturated rings. The maximum Gasteiger partial charge on any atom is 0.247 e. The van der Waals surface area contributed by atoms with Gasteiger partial charge in [0.15, 0.2) is 0 Å². The number of nitrogens with zero attached hydrogens (tertiary/aromatic N) is 5. The SMILES string of the molecule is C=CC(=O)Nc1cccc(-c2c(Cl)ccc3cnc(Nc4ccc(N5CCN(C)CC5)nc4)nc23)c1. The molecule has 1 saturated heterocycles. The molecule has 0 atom stereocenters. The van der Waals surface area contributed by atoms with Gasteiger partial charge in [0.2, 0.25) is 11.9 Å². The first-order valence-corrected chi connectivity index (χ1v) is 12.0. The molecule has 0 spiro atoms. The van der Waals surface area contributed by atoms with Gasteiger partial charge in [0.05, 0.1) is 22.4 Å². The fraction of sp³-hybridized carbons (Fsp3) is 0.185. The number of anilines is 4. The molecule has 1 aliphatic rings. The van der Waals surface area contributed by atoms with Crippen LogP contribution in [0.1, 0.15) is 0 Å². The summed E-state index contributed by atoms with van der Waals surface area (Å²) in [5.41, 5.74) is 3.73. The summed E-state index contributed by atoms with van der Waals surface area (Å²) in [4.78, 5) is 30.3. The number of halogens is 1. The lowest BCUT2D eigenvalue weighted by Crippen LogP contribution is -2.44. The number of aromatic nitrogens is 3. The first kappa shape index (κ1) is 23.7. The number of likely N-dealkylation sites (N-methyl/N-ethyl adjacent to an activating group) is 1. The Hall–Kier alpha value is -4.01. The van der Waals surface area contributed by atoms with Gasteiger partial charge in [-0.1, -0.05) is 30.3 Å². The van der Waals surface area contributed by atoms with Crippen LogP contribution in [0, 0.1) is 0 Å². The van der Waals surface area contributed by atoms with E-state index in [9.17, 15) is 4.79 Å². The Bertz CT molecular complexity index is 1420. The van der Waals surface area contributed by atoms with Crippen LogP contribution >= 0.6 is 11.6 Å². The number of hydrogen-bond donors (Lipinski definition) is 2. The summed E-state index contributed by atoms with van der Waals surface area (Å²) in [6.45, 7) is 7.49. The minimum atomic E-state index is -0.280. The Labute approximate surface area is 214 Å². The molecule has 182 valence electrons. The molecule has 4 aromatic rings. The standard InChI is InChI=1S/C27H26ClN7O/c1-3-24(36)31-20-6-4-5-18(15-20)25-22(28)9-7-19-16-30-27(33-26(19)25)32-21-8-10-23(29-17-21)35-13-11-34(2)12-14-35/h3-10,15-17H,1,11-14H2,2H3,(H,31,36)(H,30,32,33). The molecule has 1 amide bonds. The van der Waals surface area contributed by atoms with Crippen LogP contribution in [-0.2, 0) is 4.79 Å². The van der Waals surface area contributed by atoms with E-state index in [4.69, 9.17) is 16.6 Å². The van der Waals surface area contributed by atoms with Crippen molar-refractivity contribution in [1.82, 2.24) is 19.9 Å². The molecule has 9 heteroatoms. The average Bonchev–Trinajstić information content (AvgIpc) is 2.89. The van der Waals surface area contributed by atoms with E-state index in [1.807, 2.05) is 48.5 Å². The quantitative estimate of drug-likeness (QED) is 0.362. The number of carbonyl (C=O) groups excluding carboxylic acids is 1. The zero-order valence-electron chi connectivity index (χ0n) is 19.9. The van der Waals surface area contributed by atoms with Crippen LogP contribution in [0.2, 0.25) is 5.02 Å². The Kier molecular flexibility index (Phi) is 6.79. The van der Waals surface area contributed by atoms with Crippen LogP contribution < -0.4 is 15.5 Å². The number of piperazine rings is 1. The van der Waals surface area contributed by atoms with E-state index in [0.29, 0.717) is 22.2 Å². The van der Waals surface area contributed by atoms with E-state index in [0.717, 1.165) is 54.2 Å². The predicted molar refractivity (Wildman–Crippen MR) is 146 cm³/mol. The number of fused-ring (bicyclic) bond motifs is 1. The Morgan fingerprint density at radius 3 is 2.61 bits per heavy atom. The van der Waals surface area contributed by atoms with E-state index in [-0.39, 0.29) is 5.91 Å². The van der Waals surface area contributed by atoms with Gasteiger partial charge in [-0.15, -0.1) is 0 Å². The fourth-order valence-corrected chi connectivity index (χ4v) is 4.43. The second-order valence-corrected chi connectivity index (χ2v) is 9.06. The van der Waals surface area contributed by atoms with Crippen LogP contribution in [0.15, 0.2) is 73.6 Å². The minimum Gasteiger partial charge on any atom is -0.354 e. The van der Waals surface area contributed by atoms with Crippen molar-refractivity contribution in [3.8, 4) is 11.1 Å². The molecule has 2 aromatic heterocycles. The highest BCUT2D eigenvalue weighted by atomic mass is 35.5. The van der Waals surface area contributed by atoms with E-state index in [1.165, 1.54) is 6.08 Å². The topological polar surface area (TPSA) is 86.3 Å². The molecular weight excluding hydrogens is 474 g/mol. The Morgan fingerprint density at radius 2 is 1.86 bits per heavy atom. The van der Waals surface area contributed by atoms with Crippen LogP contribution in [0.3, 0.4) is 0 Å². The molecule has 0 saturated carbocycles. The molecule has 2 aromatic carbocycles. The lowest BCUT2D eigenvalue weighted by Gasteiger charge is -2.33. The molecule has 36 heavy (non-hydrogen) atoms. The lowest BCUT2D eigenvalue weighted by atomic mass is 10.0. The third-order valence-electron chi connectivity index (χ3n) is 6.14. The molecule has 0 aliphatic carbocycles. The molecule has 5 rings (SSSR count). The van der Waals surface area contributed by atoms with Crippen LogP contribution in [0.5, 0.6) is 0 Å². The summed E-state index contributed by atoms with van der Waals surface area (Å²) in [5, 5.41) is 7.44. The van der Waals surface area contributed by atoms with Gasteiger partial charge in [-0.05, 0) is 55.1 Å². The van der Waals surface area contributed by atoms with Crippen molar-refractivity contribution in [2.75, 3.05) is 48.8 Å². The van der Waals surface area contributed by atoms with Crippen LogP contribution in [-0.4, -0.2) is 59.0 Å². The number of benzene rings is 2. The largest absolute Gasteiger partial charge is 0.354 e. The van der Waals surface area contributed by atoms with E-state index < -0.39 is 0 Å². The van der Waals surface area contributed by atoms with Gasteiger partial charge in [0, 0.05) is 49.0 Å². The highest BCUT2D eigenvalue weighted by Crippen LogP contribution is 2.35. The van der Waals surface area contributed by atoms with Crippen molar-refractivity contribution >= 4 is 51.6 Å². The summed E-state index contributed by atoms with van der Waals surface area (Å²) in [6.07, 6.45) is 4.79. The molecule has 2 N–H and O–H groups in total. The minimum absolute atomic E-state index is 0.280.